The van der Waals surface area contributed by atoms with Gasteiger partial charge in [-0.05, 0) is 24.5 Å². The van der Waals surface area contributed by atoms with Crippen molar-refractivity contribution in [2.45, 2.75) is 32.0 Å². The highest BCUT2D eigenvalue weighted by Gasteiger charge is 2.25. The zero-order valence-corrected chi connectivity index (χ0v) is 11.0. The third-order valence-corrected chi connectivity index (χ3v) is 4.75. The number of hydrogen-bond donors (Lipinski definition) is 1. The molecule has 0 saturated carbocycles. The summed E-state index contributed by atoms with van der Waals surface area (Å²) in [6, 6.07) is 1.96. The number of piperidine rings is 1. The van der Waals surface area contributed by atoms with E-state index in [4.69, 9.17) is 4.74 Å². The minimum Gasteiger partial charge on any atom is -0.391 e. The maximum Gasteiger partial charge on any atom is 0.264 e. The number of hydrogen-bond acceptors (Lipinski definition) is 4. The first-order valence-corrected chi connectivity index (χ1v) is 7.22. The Morgan fingerprint density at radius 2 is 2.44 bits per heavy atom. The normalized spacial score (nSPS) is 23.8. The summed E-state index contributed by atoms with van der Waals surface area (Å²) in [6.45, 7) is 2.61. The number of thiophene rings is 1. The van der Waals surface area contributed by atoms with E-state index in [2.05, 4.69) is 0 Å². The van der Waals surface area contributed by atoms with Gasteiger partial charge in [0.05, 0.1) is 24.2 Å². The predicted molar refractivity (Wildman–Crippen MR) is 68.8 cm³/mol. The van der Waals surface area contributed by atoms with Gasteiger partial charge in [-0.15, -0.1) is 11.3 Å². The zero-order valence-electron chi connectivity index (χ0n) is 10.2. The van der Waals surface area contributed by atoms with E-state index < -0.39 is 0 Å². The summed E-state index contributed by atoms with van der Waals surface area (Å²) in [7, 11) is 0. The van der Waals surface area contributed by atoms with Crippen molar-refractivity contribution in [1.82, 2.24) is 4.90 Å². The third kappa shape index (κ3) is 2.30. The Kier molecular flexibility index (Phi) is 3.37. The summed E-state index contributed by atoms with van der Waals surface area (Å²) in [5, 5.41) is 9.63. The van der Waals surface area contributed by atoms with Gasteiger partial charge >= 0.3 is 0 Å². The quantitative estimate of drug-likeness (QED) is 0.837. The van der Waals surface area contributed by atoms with Crippen molar-refractivity contribution in [3.63, 3.8) is 0 Å². The molecule has 1 fully saturated rings. The highest BCUT2D eigenvalue weighted by atomic mass is 32.1. The molecule has 1 atom stereocenters. The number of aliphatic hydroxyl groups is 1. The Morgan fingerprint density at radius 3 is 3.22 bits per heavy atom. The SMILES string of the molecule is O=C(c1cc2c(s1)CCOC2)N1CCCC(O)C1. The average Bonchev–Trinajstić information content (AvgIpc) is 2.81. The molecule has 4 nitrogen and oxygen atoms in total. The van der Waals surface area contributed by atoms with E-state index in [1.807, 2.05) is 6.07 Å². The van der Waals surface area contributed by atoms with Crippen LogP contribution in [-0.4, -0.2) is 41.7 Å². The van der Waals surface area contributed by atoms with Crippen LogP contribution >= 0.6 is 11.3 Å². The highest BCUT2D eigenvalue weighted by molar-refractivity contribution is 7.14. The van der Waals surface area contributed by atoms with Gasteiger partial charge in [0.15, 0.2) is 0 Å². The van der Waals surface area contributed by atoms with Gasteiger partial charge in [0.1, 0.15) is 0 Å². The number of likely N-dealkylation sites (tertiary alicyclic amines) is 1. The number of aliphatic hydroxyl groups excluding tert-OH is 1. The van der Waals surface area contributed by atoms with Crippen molar-refractivity contribution in [2.24, 2.45) is 0 Å². The van der Waals surface area contributed by atoms with Crippen molar-refractivity contribution < 1.29 is 14.6 Å². The molecule has 0 bridgehead atoms. The van der Waals surface area contributed by atoms with Crippen molar-refractivity contribution in [1.29, 1.82) is 0 Å². The van der Waals surface area contributed by atoms with E-state index in [1.54, 1.807) is 16.2 Å². The molecule has 1 aromatic heterocycles. The summed E-state index contributed by atoms with van der Waals surface area (Å²) < 4.78 is 5.39. The fourth-order valence-electron chi connectivity index (χ4n) is 2.55. The molecule has 0 aromatic carbocycles. The average molecular weight is 267 g/mol. The number of fused-ring (bicyclic) bond motifs is 1. The molecule has 1 aromatic rings. The third-order valence-electron chi connectivity index (χ3n) is 3.52. The van der Waals surface area contributed by atoms with E-state index >= 15 is 0 Å². The van der Waals surface area contributed by atoms with E-state index in [0.29, 0.717) is 13.2 Å². The van der Waals surface area contributed by atoms with Crippen LogP contribution in [0.5, 0.6) is 0 Å². The van der Waals surface area contributed by atoms with Gasteiger partial charge in [-0.3, -0.25) is 4.79 Å². The van der Waals surface area contributed by atoms with Crippen molar-refractivity contribution >= 4 is 17.2 Å². The standard InChI is InChI=1S/C13H17NO3S/c15-10-2-1-4-14(7-10)13(16)12-6-9-8-17-5-3-11(9)18-12/h6,10,15H,1-5,7-8H2. The summed E-state index contributed by atoms with van der Waals surface area (Å²) in [4.78, 5) is 16.2. The second-order valence-electron chi connectivity index (χ2n) is 4.91. The van der Waals surface area contributed by atoms with Crippen molar-refractivity contribution in [3.05, 3.63) is 21.4 Å². The molecule has 0 radical (unpaired) electrons. The fraction of sp³-hybridized carbons (Fsp3) is 0.615. The Balaban J connectivity index is 1.77. The van der Waals surface area contributed by atoms with Crippen LogP contribution in [0.2, 0.25) is 0 Å². The first-order valence-electron chi connectivity index (χ1n) is 6.40. The lowest BCUT2D eigenvalue weighted by Gasteiger charge is -2.29. The molecule has 2 aliphatic heterocycles. The molecular weight excluding hydrogens is 250 g/mol. The molecular formula is C13H17NO3S. The maximum atomic E-state index is 12.3. The van der Waals surface area contributed by atoms with Crippen LogP contribution in [0.25, 0.3) is 0 Å². The highest BCUT2D eigenvalue weighted by Crippen LogP contribution is 2.28. The van der Waals surface area contributed by atoms with E-state index in [1.165, 1.54) is 4.88 Å². The van der Waals surface area contributed by atoms with Gasteiger partial charge in [-0.1, -0.05) is 0 Å². The second kappa shape index (κ2) is 4.99. The molecule has 0 spiro atoms. The molecule has 98 valence electrons. The number of amides is 1. The van der Waals surface area contributed by atoms with Crippen LogP contribution in [0.1, 0.15) is 33.0 Å². The zero-order chi connectivity index (χ0) is 12.5. The molecule has 18 heavy (non-hydrogen) atoms. The summed E-state index contributed by atoms with van der Waals surface area (Å²) in [5.74, 6) is 0.0631. The lowest BCUT2D eigenvalue weighted by atomic mass is 10.1. The summed E-state index contributed by atoms with van der Waals surface area (Å²) >= 11 is 1.59. The lowest BCUT2D eigenvalue weighted by Crippen LogP contribution is -2.41. The van der Waals surface area contributed by atoms with Gasteiger partial charge in [0.2, 0.25) is 0 Å². The lowest BCUT2D eigenvalue weighted by molar-refractivity contribution is 0.0477. The molecule has 5 heteroatoms. The Hall–Kier alpha value is -0.910. The number of nitrogens with zero attached hydrogens (tertiary/aromatic N) is 1. The Morgan fingerprint density at radius 1 is 1.56 bits per heavy atom. The minimum absolute atomic E-state index is 0.0631. The molecule has 3 heterocycles. The van der Waals surface area contributed by atoms with Crippen LogP contribution in [0.3, 0.4) is 0 Å². The largest absolute Gasteiger partial charge is 0.391 e. The van der Waals surface area contributed by atoms with E-state index in [-0.39, 0.29) is 12.0 Å². The minimum atomic E-state index is -0.361. The predicted octanol–water partition coefficient (Wildman–Crippen LogP) is 1.42. The molecule has 3 rings (SSSR count). The molecule has 2 aliphatic rings. The van der Waals surface area contributed by atoms with Gasteiger partial charge in [0.25, 0.3) is 5.91 Å². The van der Waals surface area contributed by atoms with Crippen LogP contribution in [0.4, 0.5) is 0 Å². The van der Waals surface area contributed by atoms with Crippen molar-refractivity contribution in [3.8, 4) is 0 Å². The monoisotopic (exact) mass is 267 g/mol. The maximum absolute atomic E-state index is 12.3. The Bertz CT molecular complexity index is 434. The van der Waals surface area contributed by atoms with Gasteiger partial charge in [0, 0.05) is 24.4 Å². The first kappa shape index (κ1) is 12.1. The van der Waals surface area contributed by atoms with E-state index in [9.17, 15) is 9.90 Å². The van der Waals surface area contributed by atoms with Gasteiger partial charge in [-0.2, -0.15) is 0 Å². The molecule has 1 saturated heterocycles. The smallest absolute Gasteiger partial charge is 0.264 e. The number of ether oxygens (including phenoxy) is 1. The van der Waals surface area contributed by atoms with Crippen molar-refractivity contribution in [2.75, 3.05) is 19.7 Å². The topological polar surface area (TPSA) is 49.8 Å². The van der Waals surface area contributed by atoms with E-state index in [0.717, 1.165) is 42.9 Å². The van der Waals surface area contributed by atoms with Crippen LogP contribution in [-0.2, 0) is 17.8 Å². The van der Waals surface area contributed by atoms with Gasteiger partial charge in [-0.25, -0.2) is 0 Å². The molecule has 0 aliphatic carbocycles. The number of carbonyl (C=O) groups is 1. The first-order chi connectivity index (χ1) is 8.74. The number of carbonyl (C=O) groups excluding carboxylic acids is 1. The summed E-state index contributed by atoms with van der Waals surface area (Å²) in [6.07, 6.45) is 2.25. The molecule has 1 amide bonds. The molecule has 1 N–H and O–H groups in total. The van der Waals surface area contributed by atoms with Gasteiger partial charge < -0.3 is 14.7 Å². The number of β-amino-alcohol motifs (C(OH)–C–C–N with tert-alkyl or cyclic N) is 1. The van der Waals surface area contributed by atoms with Crippen LogP contribution in [0, 0.1) is 0 Å². The van der Waals surface area contributed by atoms with Crippen LogP contribution in [0.15, 0.2) is 6.07 Å². The number of rotatable bonds is 1. The summed E-state index contributed by atoms with van der Waals surface area (Å²) in [5.41, 5.74) is 1.16. The Labute approximate surface area is 110 Å². The second-order valence-corrected chi connectivity index (χ2v) is 6.05. The fourth-order valence-corrected chi connectivity index (χ4v) is 3.67. The van der Waals surface area contributed by atoms with Crippen LogP contribution < -0.4 is 0 Å². The molecule has 1 unspecified atom stereocenters.